The molecule has 1 saturated carbocycles. The maximum atomic E-state index is 5.74. The van der Waals surface area contributed by atoms with Gasteiger partial charge in [0.2, 0.25) is 0 Å². The maximum Gasteiger partial charge on any atom is 0.186 e. The molecule has 0 aliphatic heterocycles. The van der Waals surface area contributed by atoms with Gasteiger partial charge in [0.15, 0.2) is 5.96 Å². The van der Waals surface area contributed by atoms with Gasteiger partial charge in [-0.2, -0.15) is 0 Å². The van der Waals surface area contributed by atoms with Crippen LogP contribution in [0.4, 0.5) is 0 Å². The van der Waals surface area contributed by atoms with Crippen LogP contribution in [0.5, 0.6) is 0 Å². The van der Waals surface area contributed by atoms with Gasteiger partial charge in [-0.3, -0.25) is 0 Å². The predicted octanol–water partition coefficient (Wildman–Crippen LogP) is 1.86. The lowest BCUT2D eigenvalue weighted by atomic mass is 9.59. The van der Waals surface area contributed by atoms with Crippen LogP contribution in [0.15, 0.2) is 4.99 Å². The molecule has 0 aromatic carbocycles. The number of guanidine groups is 1. The first kappa shape index (κ1) is 16.0. The lowest BCUT2D eigenvalue weighted by molar-refractivity contribution is -0.126. The topological polar surface area (TPSA) is 73.6 Å². The number of ether oxygens (including phenoxy) is 1. The van der Waals surface area contributed by atoms with Crippen LogP contribution in [0.1, 0.15) is 40.0 Å². The highest BCUT2D eigenvalue weighted by Gasteiger charge is 2.53. The van der Waals surface area contributed by atoms with Gasteiger partial charge in [-0.05, 0) is 26.2 Å². The third kappa shape index (κ3) is 2.80. The van der Waals surface area contributed by atoms with Gasteiger partial charge >= 0.3 is 0 Å². The van der Waals surface area contributed by atoms with Crippen LogP contribution in [0, 0.1) is 5.41 Å². The zero-order valence-electron chi connectivity index (χ0n) is 10.4. The van der Waals surface area contributed by atoms with Crippen LogP contribution in [-0.4, -0.2) is 24.7 Å². The van der Waals surface area contributed by atoms with Crippen LogP contribution in [-0.2, 0) is 4.74 Å². The number of hydrogen-bond acceptors (Lipinski definition) is 2. The number of nitrogens with zero attached hydrogens (tertiary/aromatic N) is 1. The van der Waals surface area contributed by atoms with Gasteiger partial charge in [0.05, 0.1) is 12.1 Å². The van der Waals surface area contributed by atoms with E-state index in [1.807, 2.05) is 6.92 Å². The van der Waals surface area contributed by atoms with Crippen LogP contribution in [0.25, 0.3) is 0 Å². The zero-order valence-corrected chi connectivity index (χ0v) is 12.7. The maximum absolute atomic E-state index is 5.74. The largest absolute Gasteiger partial charge is 0.378 e. The smallest absolute Gasteiger partial charge is 0.186 e. The average Bonchev–Trinajstić information content (AvgIpc) is 2.18. The Labute approximate surface area is 115 Å². The van der Waals surface area contributed by atoms with E-state index in [1.54, 1.807) is 0 Å². The van der Waals surface area contributed by atoms with E-state index in [9.17, 15) is 0 Å². The number of halogens is 1. The van der Waals surface area contributed by atoms with E-state index in [-0.39, 0.29) is 41.4 Å². The van der Waals surface area contributed by atoms with Crippen LogP contribution < -0.4 is 11.5 Å². The normalized spacial score (nSPS) is 26.4. The van der Waals surface area contributed by atoms with E-state index >= 15 is 0 Å². The molecule has 1 rings (SSSR count). The van der Waals surface area contributed by atoms with Gasteiger partial charge in [-0.25, -0.2) is 4.99 Å². The minimum absolute atomic E-state index is 0. The van der Waals surface area contributed by atoms with Crippen LogP contribution in [0.3, 0.4) is 0 Å². The van der Waals surface area contributed by atoms with E-state index in [0.717, 1.165) is 25.9 Å². The number of hydrogen-bond donors (Lipinski definition) is 2. The first-order valence-corrected chi connectivity index (χ1v) is 5.81. The monoisotopic (exact) mass is 341 g/mol. The van der Waals surface area contributed by atoms with Crippen molar-refractivity contribution in [3.05, 3.63) is 0 Å². The summed E-state index contributed by atoms with van der Waals surface area (Å²) in [5.41, 5.74) is 11.0. The molecule has 1 fully saturated rings. The standard InChI is InChI=1S/C11H23N3O.HI/c1-4-11(5-2)8(14-10(12)13)7-9(11)15-6-3;/h8-9H,4-7H2,1-3H3,(H4,12,13,14);1H. The highest BCUT2D eigenvalue weighted by molar-refractivity contribution is 14.0. The molecule has 0 radical (unpaired) electrons. The highest BCUT2D eigenvalue weighted by Crippen LogP contribution is 2.50. The van der Waals surface area contributed by atoms with E-state index in [0.29, 0.717) is 6.10 Å². The molecule has 0 amide bonds. The summed E-state index contributed by atoms with van der Waals surface area (Å²) in [5.74, 6) is 0.196. The molecule has 0 aromatic heterocycles. The van der Waals surface area contributed by atoms with E-state index in [2.05, 4.69) is 18.8 Å². The molecule has 5 heteroatoms. The Morgan fingerprint density at radius 1 is 1.31 bits per heavy atom. The van der Waals surface area contributed by atoms with Gasteiger partial charge in [0.1, 0.15) is 0 Å². The average molecular weight is 341 g/mol. The van der Waals surface area contributed by atoms with Crippen molar-refractivity contribution in [2.45, 2.75) is 52.2 Å². The summed E-state index contributed by atoms with van der Waals surface area (Å²) in [6, 6.07) is 0.244. The Morgan fingerprint density at radius 2 is 1.88 bits per heavy atom. The highest BCUT2D eigenvalue weighted by atomic mass is 127. The molecule has 0 spiro atoms. The Hall–Kier alpha value is -0.0400. The van der Waals surface area contributed by atoms with Crippen molar-refractivity contribution in [2.75, 3.05) is 6.61 Å². The summed E-state index contributed by atoms with van der Waals surface area (Å²) in [4.78, 5) is 4.30. The van der Waals surface area contributed by atoms with Crippen molar-refractivity contribution in [3.8, 4) is 0 Å². The van der Waals surface area contributed by atoms with Gasteiger partial charge in [-0.1, -0.05) is 13.8 Å². The molecule has 1 aliphatic rings. The summed E-state index contributed by atoms with van der Waals surface area (Å²) < 4.78 is 5.74. The van der Waals surface area contributed by atoms with Crippen molar-refractivity contribution < 1.29 is 4.74 Å². The molecule has 1 aliphatic carbocycles. The Kier molecular flexibility index (Phi) is 6.62. The van der Waals surface area contributed by atoms with Gasteiger partial charge in [-0.15, -0.1) is 24.0 Å². The first-order valence-electron chi connectivity index (χ1n) is 5.81. The zero-order chi connectivity index (χ0) is 11.5. The summed E-state index contributed by atoms with van der Waals surface area (Å²) in [5, 5.41) is 0. The fourth-order valence-electron chi connectivity index (χ4n) is 2.70. The van der Waals surface area contributed by atoms with Gasteiger partial charge in [0.25, 0.3) is 0 Å². The fourth-order valence-corrected chi connectivity index (χ4v) is 2.70. The molecule has 2 atom stereocenters. The van der Waals surface area contributed by atoms with E-state index in [4.69, 9.17) is 16.2 Å². The summed E-state index contributed by atoms with van der Waals surface area (Å²) in [6.07, 6.45) is 3.41. The lowest BCUT2D eigenvalue weighted by Gasteiger charge is -2.53. The minimum Gasteiger partial charge on any atom is -0.378 e. The van der Waals surface area contributed by atoms with Crippen LogP contribution in [0.2, 0.25) is 0 Å². The van der Waals surface area contributed by atoms with Crippen molar-refractivity contribution in [1.29, 1.82) is 0 Å². The molecular formula is C11H24IN3O. The molecule has 4 nitrogen and oxygen atoms in total. The Morgan fingerprint density at radius 3 is 2.25 bits per heavy atom. The molecule has 0 bridgehead atoms. The van der Waals surface area contributed by atoms with Gasteiger partial charge < -0.3 is 16.2 Å². The predicted molar refractivity (Wildman–Crippen MR) is 78.1 cm³/mol. The van der Waals surface area contributed by atoms with E-state index in [1.165, 1.54) is 0 Å². The molecule has 0 heterocycles. The summed E-state index contributed by atoms with van der Waals surface area (Å²) in [6.45, 7) is 7.17. The van der Waals surface area contributed by atoms with Crippen molar-refractivity contribution in [3.63, 3.8) is 0 Å². The second-order valence-corrected chi connectivity index (χ2v) is 4.19. The lowest BCUT2D eigenvalue weighted by Crippen LogP contribution is -2.57. The molecule has 0 aromatic rings. The van der Waals surface area contributed by atoms with Crippen molar-refractivity contribution >= 4 is 29.9 Å². The number of aliphatic imine (C=N–C) groups is 1. The second kappa shape index (κ2) is 6.64. The van der Waals surface area contributed by atoms with Crippen molar-refractivity contribution in [1.82, 2.24) is 0 Å². The van der Waals surface area contributed by atoms with Gasteiger partial charge in [0, 0.05) is 12.0 Å². The van der Waals surface area contributed by atoms with Crippen molar-refractivity contribution in [2.24, 2.45) is 21.9 Å². The third-order valence-electron chi connectivity index (χ3n) is 3.73. The third-order valence-corrected chi connectivity index (χ3v) is 3.73. The first-order chi connectivity index (χ1) is 7.10. The molecule has 4 N–H and O–H groups in total. The fraction of sp³-hybridized carbons (Fsp3) is 0.909. The molecule has 16 heavy (non-hydrogen) atoms. The second-order valence-electron chi connectivity index (χ2n) is 4.19. The Bertz CT molecular complexity index is 237. The SMILES string of the molecule is CCOC1CC(N=C(N)N)C1(CC)CC.I. The summed E-state index contributed by atoms with van der Waals surface area (Å²) in [7, 11) is 0. The van der Waals surface area contributed by atoms with Crippen LogP contribution >= 0.6 is 24.0 Å². The molecule has 0 saturated heterocycles. The van der Waals surface area contributed by atoms with E-state index < -0.39 is 0 Å². The minimum atomic E-state index is 0. The number of rotatable bonds is 5. The molecule has 96 valence electrons. The number of nitrogens with two attached hydrogens (primary N) is 2. The summed E-state index contributed by atoms with van der Waals surface area (Å²) >= 11 is 0. The Balaban J connectivity index is 0.00000225. The molecule has 2 unspecified atom stereocenters. The quantitative estimate of drug-likeness (QED) is 0.455. The molecular weight excluding hydrogens is 317 g/mol.